The molecule has 0 aliphatic heterocycles. The van der Waals surface area contributed by atoms with Crippen molar-refractivity contribution in [2.75, 3.05) is 7.05 Å². The molecule has 20 heavy (non-hydrogen) atoms. The van der Waals surface area contributed by atoms with Crippen LogP contribution < -0.4 is 5.32 Å². The van der Waals surface area contributed by atoms with Gasteiger partial charge in [0.05, 0.1) is 5.56 Å². The maximum atomic E-state index is 11.7. The highest BCUT2D eigenvalue weighted by Crippen LogP contribution is 2.26. The first-order valence-corrected chi connectivity index (χ1v) is 6.20. The van der Waals surface area contributed by atoms with Crippen molar-refractivity contribution in [1.82, 2.24) is 5.32 Å². The van der Waals surface area contributed by atoms with Crippen molar-refractivity contribution in [3.8, 4) is 11.1 Å². The first-order valence-electron chi connectivity index (χ1n) is 6.20. The highest BCUT2D eigenvalue weighted by atomic mass is 16.4. The first kappa shape index (κ1) is 13.8. The van der Waals surface area contributed by atoms with Crippen molar-refractivity contribution in [3.63, 3.8) is 0 Å². The Bertz CT molecular complexity index is 677. The van der Waals surface area contributed by atoms with Crippen molar-refractivity contribution in [2.24, 2.45) is 0 Å². The van der Waals surface area contributed by atoms with E-state index in [1.165, 1.54) is 0 Å². The molecule has 0 aliphatic carbocycles. The molecule has 2 N–H and O–H groups in total. The second-order valence-corrected chi connectivity index (χ2v) is 4.44. The van der Waals surface area contributed by atoms with Crippen LogP contribution in [-0.4, -0.2) is 24.0 Å². The molecule has 0 saturated heterocycles. The molecule has 102 valence electrons. The number of amides is 1. The fraction of sp³-hybridized carbons (Fsp3) is 0.125. The molecule has 0 heterocycles. The molecule has 0 aromatic heterocycles. The van der Waals surface area contributed by atoms with Crippen LogP contribution >= 0.6 is 0 Å². The number of carbonyl (C=O) groups is 2. The number of carbonyl (C=O) groups excluding carboxylic acids is 1. The Balaban J connectivity index is 2.55. The predicted octanol–water partition coefficient (Wildman–Crippen LogP) is 2.72. The van der Waals surface area contributed by atoms with Crippen molar-refractivity contribution >= 4 is 11.9 Å². The molecular weight excluding hydrogens is 254 g/mol. The number of carboxylic acids is 1. The molecule has 0 aliphatic rings. The van der Waals surface area contributed by atoms with Crippen LogP contribution in [0.1, 0.15) is 26.3 Å². The van der Waals surface area contributed by atoms with Crippen LogP contribution in [0.25, 0.3) is 11.1 Å². The Morgan fingerprint density at radius 3 is 2.45 bits per heavy atom. The van der Waals surface area contributed by atoms with Gasteiger partial charge in [-0.1, -0.05) is 24.3 Å². The van der Waals surface area contributed by atoms with Crippen molar-refractivity contribution in [3.05, 3.63) is 59.2 Å². The number of benzene rings is 2. The summed E-state index contributed by atoms with van der Waals surface area (Å²) >= 11 is 0. The van der Waals surface area contributed by atoms with E-state index in [0.717, 1.165) is 11.1 Å². The number of nitrogens with one attached hydrogen (secondary N) is 1. The summed E-state index contributed by atoms with van der Waals surface area (Å²) in [5.74, 6) is -1.12. The Morgan fingerprint density at radius 2 is 1.80 bits per heavy atom. The Labute approximate surface area is 117 Å². The summed E-state index contributed by atoms with van der Waals surface area (Å²) in [4.78, 5) is 22.8. The third-order valence-electron chi connectivity index (χ3n) is 3.23. The van der Waals surface area contributed by atoms with E-state index in [4.69, 9.17) is 5.11 Å². The van der Waals surface area contributed by atoms with Gasteiger partial charge in [-0.25, -0.2) is 4.79 Å². The van der Waals surface area contributed by atoms with Gasteiger partial charge in [0.15, 0.2) is 0 Å². The van der Waals surface area contributed by atoms with Crippen molar-refractivity contribution in [2.45, 2.75) is 6.92 Å². The molecular formula is C16H15NO3. The smallest absolute Gasteiger partial charge is 0.335 e. The number of carboxylic acid groups (broad SMARTS) is 1. The summed E-state index contributed by atoms with van der Waals surface area (Å²) in [7, 11) is 1.57. The lowest BCUT2D eigenvalue weighted by Crippen LogP contribution is -2.17. The molecule has 0 atom stereocenters. The zero-order valence-corrected chi connectivity index (χ0v) is 11.3. The normalized spacial score (nSPS) is 10.1. The maximum Gasteiger partial charge on any atom is 0.335 e. The van der Waals surface area contributed by atoms with E-state index < -0.39 is 5.97 Å². The lowest BCUT2D eigenvalue weighted by Gasteiger charge is -2.10. The van der Waals surface area contributed by atoms with Gasteiger partial charge >= 0.3 is 5.97 Å². The van der Waals surface area contributed by atoms with Crippen LogP contribution in [0.15, 0.2) is 42.5 Å². The minimum Gasteiger partial charge on any atom is -0.478 e. The monoisotopic (exact) mass is 269 g/mol. The Hall–Kier alpha value is -2.62. The molecule has 0 unspecified atom stereocenters. The second kappa shape index (κ2) is 5.57. The molecule has 2 aromatic rings. The molecule has 0 fully saturated rings. The van der Waals surface area contributed by atoms with Gasteiger partial charge in [-0.05, 0) is 41.8 Å². The number of rotatable bonds is 3. The van der Waals surface area contributed by atoms with Gasteiger partial charge in [0, 0.05) is 12.6 Å². The second-order valence-electron chi connectivity index (χ2n) is 4.44. The highest BCUT2D eigenvalue weighted by Gasteiger charge is 2.12. The zero-order chi connectivity index (χ0) is 14.7. The molecule has 1 amide bonds. The number of hydrogen-bond acceptors (Lipinski definition) is 2. The van der Waals surface area contributed by atoms with Crippen LogP contribution in [0.4, 0.5) is 0 Å². The fourth-order valence-electron chi connectivity index (χ4n) is 2.15. The van der Waals surface area contributed by atoms with Crippen LogP contribution in [-0.2, 0) is 0 Å². The van der Waals surface area contributed by atoms with Crippen LogP contribution in [0.5, 0.6) is 0 Å². The van der Waals surface area contributed by atoms with E-state index in [-0.39, 0.29) is 11.5 Å². The quantitative estimate of drug-likeness (QED) is 0.900. The van der Waals surface area contributed by atoms with Gasteiger partial charge < -0.3 is 10.4 Å². The molecule has 2 aromatic carbocycles. The molecule has 0 radical (unpaired) electrons. The average Bonchev–Trinajstić information content (AvgIpc) is 2.46. The maximum absolute atomic E-state index is 11.7. The minimum absolute atomic E-state index is 0.168. The highest BCUT2D eigenvalue weighted by molar-refractivity contribution is 5.96. The molecule has 4 nitrogen and oxygen atoms in total. The van der Waals surface area contributed by atoms with Crippen LogP contribution in [0.2, 0.25) is 0 Å². The number of hydrogen-bond donors (Lipinski definition) is 2. The topological polar surface area (TPSA) is 66.4 Å². The fourth-order valence-corrected chi connectivity index (χ4v) is 2.15. The summed E-state index contributed by atoms with van der Waals surface area (Å²) in [6.45, 7) is 1.77. The molecule has 2 rings (SSSR count). The molecule has 0 bridgehead atoms. The van der Waals surface area contributed by atoms with E-state index in [0.29, 0.717) is 11.1 Å². The van der Waals surface area contributed by atoms with E-state index in [2.05, 4.69) is 5.32 Å². The summed E-state index contributed by atoms with van der Waals surface area (Å²) in [5, 5.41) is 11.7. The molecule has 4 heteroatoms. The average molecular weight is 269 g/mol. The van der Waals surface area contributed by atoms with Gasteiger partial charge in [-0.15, -0.1) is 0 Å². The predicted molar refractivity (Wildman–Crippen MR) is 77.0 cm³/mol. The van der Waals surface area contributed by atoms with Crippen molar-refractivity contribution < 1.29 is 14.7 Å². The van der Waals surface area contributed by atoms with Gasteiger partial charge in [0.1, 0.15) is 0 Å². The third kappa shape index (κ3) is 2.54. The van der Waals surface area contributed by atoms with Gasteiger partial charge in [0.2, 0.25) is 0 Å². The molecule has 0 spiro atoms. The molecule has 0 saturated carbocycles. The number of aromatic carboxylic acids is 1. The first-order chi connectivity index (χ1) is 9.54. The largest absolute Gasteiger partial charge is 0.478 e. The summed E-state index contributed by atoms with van der Waals surface area (Å²) in [5.41, 5.74) is 3.15. The van der Waals surface area contributed by atoms with Gasteiger partial charge in [-0.2, -0.15) is 0 Å². The third-order valence-corrected chi connectivity index (χ3v) is 3.23. The van der Waals surface area contributed by atoms with Crippen LogP contribution in [0, 0.1) is 6.92 Å². The van der Waals surface area contributed by atoms with E-state index >= 15 is 0 Å². The van der Waals surface area contributed by atoms with E-state index in [9.17, 15) is 9.59 Å². The summed E-state index contributed by atoms with van der Waals surface area (Å²) in [6.07, 6.45) is 0. The standard InChI is InChI=1S/C16H15NO3/c1-10-13(7-4-8-14(10)16(19)20)11-5-3-6-12(9-11)15(18)17-2/h3-9H,1-2H3,(H,17,18)(H,19,20). The summed E-state index contributed by atoms with van der Waals surface area (Å²) in [6, 6.07) is 12.3. The van der Waals surface area contributed by atoms with E-state index in [1.807, 2.05) is 12.1 Å². The van der Waals surface area contributed by atoms with Gasteiger partial charge in [-0.3, -0.25) is 4.79 Å². The lowest BCUT2D eigenvalue weighted by atomic mass is 9.95. The van der Waals surface area contributed by atoms with Crippen LogP contribution in [0.3, 0.4) is 0 Å². The SMILES string of the molecule is CNC(=O)c1cccc(-c2cccc(C(=O)O)c2C)c1. The van der Waals surface area contributed by atoms with E-state index in [1.54, 1.807) is 44.3 Å². The van der Waals surface area contributed by atoms with Crippen molar-refractivity contribution in [1.29, 1.82) is 0 Å². The lowest BCUT2D eigenvalue weighted by molar-refractivity contribution is 0.0696. The Kier molecular flexibility index (Phi) is 3.84. The zero-order valence-electron chi connectivity index (χ0n) is 11.3. The van der Waals surface area contributed by atoms with Gasteiger partial charge in [0.25, 0.3) is 5.91 Å². The minimum atomic E-state index is -0.952. The summed E-state index contributed by atoms with van der Waals surface area (Å²) < 4.78 is 0. The Morgan fingerprint density at radius 1 is 1.10 bits per heavy atom.